The average Bonchev–Trinajstić information content (AvgIpc) is 3.44. The fraction of sp³-hybridized carbons (Fsp3) is 0.350. The highest BCUT2D eigenvalue weighted by molar-refractivity contribution is 6.30. The van der Waals surface area contributed by atoms with E-state index in [0.717, 1.165) is 29.7 Å². The van der Waals surface area contributed by atoms with Crippen molar-refractivity contribution in [3.8, 4) is 5.75 Å². The molecular weight excluding hydrogens is 371 g/mol. The summed E-state index contributed by atoms with van der Waals surface area (Å²) in [6.45, 7) is 0.963. The Labute approximate surface area is 165 Å². The minimum atomic E-state index is 0. The Hall–Kier alpha value is -1.75. The summed E-state index contributed by atoms with van der Waals surface area (Å²) in [5.41, 5.74) is 7.71. The van der Waals surface area contributed by atoms with Gasteiger partial charge in [0.05, 0.1) is 6.42 Å². The molecule has 1 unspecified atom stereocenters. The van der Waals surface area contributed by atoms with Crippen LogP contribution in [0, 0.1) is 5.92 Å². The fourth-order valence-electron chi connectivity index (χ4n) is 2.80. The van der Waals surface area contributed by atoms with Crippen LogP contribution in [0.25, 0.3) is 0 Å². The van der Waals surface area contributed by atoms with Crippen LogP contribution < -0.4 is 15.8 Å². The van der Waals surface area contributed by atoms with Gasteiger partial charge in [-0.05, 0) is 54.2 Å². The molecule has 3 N–H and O–H groups in total. The summed E-state index contributed by atoms with van der Waals surface area (Å²) < 4.78 is 5.81. The van der Waals surface area contributed by atoms with Crippen molar-refractivity contribution < 1.29 is 9.53 Å². The highest BCUT2D eigenvalue weighted by atomic mass is 35.5. The second-order valence-corrected chi connectivity index (χ2v) is 6.92. The van der Waals surface area contributed by atoms with Crippen molar-refractivity contribution in [2.75, 3.05) is 6.54 Å². The van der Waals surface area contributed by atoms with E-state index < -0.39 is 0 Å². The van der Waals surface area contributed by atoms with E-state index >= 15 is 0 Å². The lowest BCUT2D eigenvalue weighted by Gasteiger charge is -2.16. The zero-order chi connectivity index (χ0) is 17.6. The first-order valence-corrected chi connectivity index (χ1v) is 8.97. The molecule has 1 amide bonds. The molecule has 1 aliphatic carbocycles. The van der Waals surface area contributed by atoms with Crippen LogP contribution >= 0.6 is 24.0 Å². The molecule has 1 saturated carbocycles. The zero-order valence-electron chi connectivity index (χ0n) is 14.5. The summed E-state index contributed by atoms with van der Waals surface area (Å²) in [6.07, 6.45) is 2.66. The Morgan fingerprint density at radius 1 is 1.19 bits per heavy atom. The predicted molar refractivity (Wildman–Crippen MR) is 107 cm³/mol. The van der Waals surface area contributed by atoms with Crippen molar-refractivity contribution in [2.45, 2.75) is 31.9 Å². The molecule has 0 heterocycles. The number of carbonyl (C=O) groups excluding carboxylic acids is 1. The molecule has 6 heteroatoms. The third-order valence-corrected chi connectivity index (χ3v) is 4.63. The van der Waals surface area contributed by atoms with Crippen LogP contribution in [0.1, 0.15) is 24.0 Å². The molecule has 0 spiro atoms. The Kier molecular flexibility index (Phi) is 7.76. The normalized spacial score (nSPS) is 14.2. The van der Waals surface area contributed by atoms with Crippen LogP contribution in [-0.2, 0) is 17.8 Å². The number of rotatable bonds is 8. The minimum absolute atomic E-state index is 0. The van der Waals surface area contributed by atoms with Gasteiger partial charge >= 0.3 is 0 Å². The SMILES string of the molecule is Cl.NCC(NC(=O)Cc1cccc(OCc2ccc(Cl)cc2)c1)C1CC1. The van der Waals surface area contributed by atoms with Gasteiger partial charge in [0.2, 0.25) is 5.91 Å². The van der Waals surface area contributed by atoms with Gasteiger partial charge in [0.15, 0.2) is 0 Å². The first kappa shape index (κ1) is 20.6. The Bertz CT molecular complexity index is 718. The number of ether oxygens (including phenoxy) is 1. The lowest BCUT2D eigenvalue weighted by atomic mass is 10.1. The van der Waals surface area contributed by atoms with Crippen LogP contribution in [0.3, 0.4) is 0 Å². The summed E-state index contributed by atoms with van der Waals surface area (Å²) in [5.74, 6) is 1.32. The molecule has 1 fully saturated rings. The summed E-state index contributed by atoms with van der Waals surface area (Å²) >= 11 is 5.88. The second kappa shape index (κ2) is 9.81. The number of benzene rings is 2. The van der Waals surface area contributed by atoms with Gasteiger partial charge in [-0.1, -0.05) is 35.9 Å². The largest absolute Gasteiger partial charge is 0.489 e. The van der Waals surface area contributed by atoms with Crippen molar-refractivity contribution in [3.63, 3.8) is 0 Å². The van der Waals surface area contributed by atoms with E-state index in [1.165, 1.54) is 0 Å². The standard InChI is InChI=1S/C20H23ClN2O2.ClH/c21-17-8-4-14(5-9-17)13-25-18-3-1-2-15(10-18)11-20(24)23-19(12-22)16-6-7-16;/h1-5,8-10,16,19H,6-7,11-13,22H2,(H,23,24);1H. The van der Waals surface area contributed by atoms with Gasteiger partial charge in [0.25, 0.3) is 0 Å². The van der Waals surface area contributed by atoms with Gasteiger partial charge in [0.1, 0.15) is 12.4 Å². The van der Waals surface area contributed by atoms with E-state index in [0.29, 0.717) is 30.5 Å². The number of carbonyl (C=O) groups is 1. The summed E-state index contributed by atoms with van der Waals surface area (Å²) in [6, 6.07) is 15.3. The monoisotopic (exact) mass is 394 g/mol. The van der Waals surface area contributed by atoms with Gasteiger partial charge < -0.3 is 15.8 Å². The Morgan fingerprint density at radius 3 is 2.58 bits per heavy atom. The minimum Gasteiger partial charge on any atom is -0.489 e. The molecule has 4 nitrogen and oxygen atoms in total. The van der Waals surface area contributed by atoms with Crippen LogP contribution in [0.2, 0.25) is 5.02 Å². The van der Waals surface area contributed by atoms with Crippen molar-refractivity contribution in [1.82, 2.24) is 5.32 Å². The average molecular weight is 395 g/mol. The van der Waals surface area contributed by atoms with Crippen LogP contribution in [-0.4, -0.2) is 18.5 Å². The third-order valence-electron chi connectivity index (χ3n) is 4.37. The second-order valence-electron chi connectivity index (χ2n) is 6.49. The van der Waals surface area contributed by atoms with Gasteiger partial charge in [-0.15, -0.1) is 12.4 Å². The molecule has 0 saturated heterocycles. The topological polar surface area (TPSA) is 64.3 Å². The summed E-state index contributed by atoms with van der Waals surface area (Å²) in [5, 5.41) is 3.75. The van der Waals surface area contributed by atoms with Crippen LogP contribution in [0.15, 0.2) is 48.5 Å². The Balaban J connectivity index is 0.00000243. The fourth-order valence-corrected chi connectivity index (χ4v) is 2.93. The third kappa shape index (κ3) is 6.20. The van der Waals surface area contributed by atoms with Gasteiger partial charge in [-0.25, -0.2) is 0 Å². The van der Waals surface area contributed by atoms with E-state index in [-0.39, 0.29) is 24.4 Å². The molecular formula is C20H24Cl2N2O2. The maximum absolute atomic E-state index is 12.2. The highest BCUT2D eigenvalue weighted by Gasteiger charge is 2.31. The molecule has 1 aliphatic rings. The van der Waals surface area contributed by atoms with E-state index in [1.54, 1.807) is 0 Å². The molecule has 2 aromatic carbocycles. The summed E-state index contributed by atoms with van der Waals surface area (Å²) in [7, 11) is 0. The van der Waals surface area contributed by atoms with Gasteiger partial charge in [-0.3, -0.25) is 4.79 Å². The van der Waals surface area contributed by atoms with Crippen molar-refractivity contribution in [3.05, 3.63) is 64.7 Å². The molecule has 26 heavy (non-hydrogen) atoms. The number of amides is 1. The maximum atomic E-state index is 12.2. The van der Waals surface area contributed by atoms with Crippen molar-refractivity contribution in [1.29, 1.82) is 0 Å². The highest BCUT2D eigenvalue weighted by Crippen LogP contribution is 2.32. The molecule has 1 atom stereocenters. The summed E-state index contributed by atoms with van der Waals surface area (Å²) in [4.78, 5) is 12.2. The van der Waals surface area contributed by atoms with E-state index in [4.69, 9.17) is 22.1 Å². The van der Waals surface area contributed by atoms with Crippen molar-refractivity contribution >= 4 is 29.9 Å². The number of hydrogen-bond acceptors (Lipinski definition) is 3. The van der Waals surface area contributed by atoms with Crippen LogP contribution in [0.5, 0.6) is 5.75 Å². The maximum Gasteiger partial charge on any atom is 0.224 e. The smallest absolute Gasteiger partial charge is 0.224 e. The number of halogens is 2. The molecule has 0 aliphatic heterocycles. The van der Waals surface area contributed by atoms with E-state index in [9.17, 15) is 4.79 Å². The quantitative estimate of drug-likeness (QED) is 0.716. The molecule has 2 aromatic rings. The molecule has 0 radical (unpaired) electrons. The predicted octanol–water partition coefficient (Wildman–Crippen LogP) is 3.74. The number of nitrogens with one attached hydrogen (secondary N) is 1. The molecule has 3 rings (SSSR count). The van der Waals surface area contributed by atoms with Gasteiger partial charge in [-0.2, -0.15) is 0 Å². The van der Waals surface area contributed by atoms with Crippen molar-refractivity contribution in [2.24, 2.45) is 11.7 Å². The molecule has 140 valence electrons. The van der Waals surface area contributed by atoms with Gasteiger partial charge in [0, 0.05) is 17.6 Å². The first-order chi connectivity index (χ1) is 12.1. The zero-order valence-corrected chi connectivity index (χ0v) is 16.1. The van der Waals surface area contributed by atoms with Crippen LogP contribution in [0.4, 0.5) is 0 Å². The molecule has 0 bridgehead atoms. The number of nitrogens with two attached hydrogens (primary N) is 1. The lowest BCUT2D eigenvalue weighted by Crippen LogP contribution is -2.42. The number of hydrogen-bond donors (Lipinski definition) is 2. The lowest BCUT2D eigenvalue weighted by molar-refractivity contribution is -0.121. The van der Waals surface area contributed by atoms with E-state index in [2.05, 4.69) is 5.32 Å². The Morgan fingerprint density at radius 2 is 1.92 bits per heavy atom. The first-order valence-electron chi connectivity index (χ1n) is 8.59. The van der Waals surface area contributed by atoms with E-state index in [1.807, 2.05) is 48.5 Å². The molecule has 0 aromatic heterocycles.